The van der Waals surface area contributed by atoms with Gasteiger partial charge in [0.15, 0.2) is 0 Å². The van der Waals surface area contributed by atoms with Gasteiger partial charge in [0.2, 0.25) is 0 Å². The van der Waals surface area contributed by atoms with Gasteiger partial charge in [0.1, 0.15) is 5.82 Å². The molecule has 2 nitrogen and oxygen atoms in total. The van der Waals surface area contributed by atoms with Gasteiger partial charge in [0, 0.05) is 18.1 Å². The molecule has 0 spiro atoms. The third-order valence-electron chi connectivity index (χ3n) is 3.49. The summed E-state index contributed by atoms with van der Waals surface area (Å²) in [5.74, 6) is -0.310. The van der Waals surface area contributed by atoms with Crippen molar-refractivity contribution in [1.82, 2.24) is 0 Å². The van der Waals surface area contributed by atoms with Crippen LogP contribution in [0.4, 0.5) is 15.8 Å². The molecule has 0 saturated heterocycles. The molecule has 3 rings (SSSR count). The van der Waals surface area contributed by atoms with Gasteiger partial charge < -0.3 is 10.6 Å². The van der Waals surface area contributed by atoms with Gasteiger partial charge in [-0.3, -0.25) is 0 Å². The zero-order valence-electron chi connectivity index (χ0n) is 10.4. The SMILES string of the molecule is Nc1cccc2c1N(Cc1ccc(F)cc1Cl)CC2. The molecule has 1 aliphatic heterocycles. The molecule has 4 heteroatoms. The van der Waals surface area contributed by atoms with Crippen LogP contribution < -0.4 is 10.6 Å². The second kappa shape index (κ2) is 4.74. The predicted molar refractivity (Wildman–Crippen MR) is 77.0 cm³/mol. The Morgan fingerprint density at radius 3 is 2.89 bits per heavy atom. The summed E-state index contributed by atoms with van der Waals surface area (Å²) in [5.41, 5.74) is 10.1. The fourth-order valence-electron chi connectivity index (χ4n) is 2.58. The van der Waals surface area contributed by atoms with Crippen molar-refractivity contribution >= 4 is 23.0 Å². The fourth-order valence-corrected chi connectivity index (χ4v) is 2.81. The molecule has 0 radical (unpaired) electrons. The van der Waals surface area contributed by atoms with Crippen molar-refractivity contribution in [2.24, 2.45) is 0 Å². The lowest BCUT2D eigenvalue weighted by molar-refractivity contribution is 0.627. The highest BCUT2D eigenvalue weighted by Gasteiger charge is 2.21. The van der Waals surface area contributed by atoms with Gasteiger partial charge in [0.25, 0.3) is 0 Å². The molecule has 2 aromatic carbocycles. The number of nitrogen functional groups attached to an aromatic ring is 1. The maximum atomic E-state index is 13.0. The number of para-hydroxylation sites is 1. The highest BCUT2D eigenvalue weighted by atomic mass is 35.5. The summed E-state index contributed by atoms with van der Waals surface area (Å²) >= 11 is 6.08. The number of nitrogens with two attached hydrogens (primary N) is 1. The van der Waals surface area contributed by atoms with E-state index in [-0.39, 0.29) is 5.82 Å². The van der Waals surface area contributed by atoms with Crippen LogP contribution in [0.3, 0.4) is 0 Å². The van der Waals surface area contributed by atoms with Crippen LogP contribution in [0.25, 0.3) is 0 Å². The molecular weight excluding hydrogens is 263 g/mol. The monoisotopic (exact) mass is 276 g/mol. The Morgan fingerprint density at radius 1 is 1.26 bits per heavy atom. The van der Waals surface area contributed by atoms with E-state index in [1.54, 1.807) is 6.07 Å². The molecule has 0 saturated carbocycles. The van der Waals surface area contributed by atoms with Crippen molar-refractivity contribution in [2.45, 2.75) is 13.0 Å². The number of hydrogen-bond donors (Lipinski definition) is 1. The van der Waals surface area contributed by atoms with E-state index in [2.05, 4.69) is 11.0 Å². The smallest absolute Gasteiger partial charge is 0.124 e. The third kappa shape index (κ3) is 2.26. The van der Waals surface area contributed by atoms with Crippen LogP contribution in [-0.4, -0.2) is 6.54 Å². The van der Waals surface area contributed by atoms with Gasteiger partial charge in [-0.1, -0.05) is 29.8 Å². The van der Waals surface area contributed by atoms with Crippen molar-refractivity contribution in [3.63, 3.8) is 0 Å². The molecule has 0 bridgehead atoms. The van der Waals surface area contributed by atoms with Crippen LogP contribution in [0.1, 0.15) is 11.1 Å². The first-order valence-corrected chi connectivity index (χ1v) is 6.59. The maximum Gasteiger partial charge on any atom is 0.124 e. The maximum absolute atomic E-state index is 13.0. The Balaban J connectivity index is 1.91. The van der Waals surface area contributed by atoms with Crippen molar-refractivity contribution in [2.75, 3.05) is 17.2 Å². The number of anilines is 2. The summed E-state index contributed by atoms with van der Waals surface area (Å²) in [6.45, 7) is 1.57. The first-order valence-electron chi connectivity index (χ1n) is 6.21. The van der Waals surface area contributed by atoms with Gasteiger partial charge in [-0.15, -0.1) is 0 Å². The van der Waals surface area contributed by atoms with Crippen LogP contribution >= 0.6 is 11.6 Å². The summed E-state index contributed by atoms with van der Waals surface area (Å²) in [6, 6.07) is 10.5. The number of hydrogen-bond acceptors (Lipinski definition) is 2. The minimum absolute atomic E-state index is 0.310. The highest BCUT2D eigenvalue weighted by molar-refractivity contribution is 6.31. The Bertz CT molecular complexity index is 628. The first-order chi connectivity index (χ1) is 9.15. The zero-order valence-corrected chi connectivity index (χ0v) is 11.1. The van der Waals surface area contributed by atoms with Crippen LogP contribution in [0, 0.1) is 5.82 Å². The van der Waals surface area contributed by atoms with Crippen molar-refractivity contribution in [3.8, 4) is 0 Å². The number of halogens is 2. The molecule has 0 aromatic heterocycles. The molecule has 1 aliphatic rings. The Kier molecular flexibility index (Phi) is 3.07. The molecule has 19 heavy (non-hydrogen) atoms. The van der Waals surface area contributed by atoms with Crippen LogP contribution in [0.2, 0.25) is 5.02 Å². The lowest BCUT2D eigenvalue weighted by Gasteiger charge is -2.21. The number of benzene rings is 2. The van der Waals surface area contributed by atoms with E-state index in [0.29, 0.717) is 11.6 Å². The normalized spacial score (nSPS) is 13.7. The second-order valence-electron chi connectivity index (χ2n) is 4.76. The second-order valence-corrected chi connectivity index (χ2v) is 5.17. The quantitative estimate of drug-likeness (QED) is 0.849. The van der Waals surface area contributed by atoms with E-state index >= 15 is 0 Å². The van der Waals surface area contributed by atoms with E-state index in [9.17, 15) is 4.39 Å². The van der Waals surface area contributed by atoms with Gasteiger partial charge in [-0.25, -0.2) is 4.39 Å². The summed E-state index contributed by atoms with van der Waals surface area (Å²) < 4.78 is 13.0. The predicted octanol–water partition coefficient (Wildman–Crippen LogP) is 3.62. The van der Waals surface area contributed by atoms with Crippen molar-refractivity contribution in [3.05, 3.63) is 58.4 Å². The fraction of sp³-hybridized carbons (Fsp3) is 0.200. The summed E-state index contributed by atoms with van der Waals surface area (Å²) in [7, 11) is 0. The van der Waals surface area contributed by atoms with Gasteiger partial charge in [-0.05, 0) is 35.7 Å². The van der Waals surface area contributed by atoms with Gasteiger partial charge >= 0.3 is 0 Å². The van der Waals surface area contributed by atoms with E-state index in [0.717, 1.165) is 29.9 Å². The number of rotatable bonds is 2. The largest absolute Gasteiger partial charge is 0.397 e. The van der Waals surface area contributed by atoms with Crippen LogP contribution in [0.5, 0.6) is 0 Å². The van der Waals surface area contributed by atoms with Gasteiger partial charge in [-0.2, -0.15) is 0 Å². The van der Waals surface area contributed by atoms with Gasteiger partial charge in [0.05, 0.1) is 11.4 Å². The molecule has 2 N–H and O–H groups in total. The molecule has 0 fully saturated rings. The highest BCUT2D eigenvalue weighted by Crippen LogP contribution is 2.35. The molecule has 0 amide bonds. The lowest BCUT2D eigenvalue weighted by atomic mass is 10.1. The molecule has 98 valence electrons. The van der Waals surface area contributed by atoms with E-state index in [1.807, 2.05) is 12.1 Å². The zero-order chi connectivity index (χ0) is 13.4. The summed E-state index contributed by atoms with van der Waals surface area (Å²) in [6.07, 6.45) is 0.985. The lowest BCUT2D eigenvalue weighted by Crippen LogP contribution is -2.20. The van der Waals surface area contributed by atoms with Crippen LogP contribution in [0.15, 0.2) is 36.4 Å². The van der Waals surface area contributed by atoms with E-state index in [4.69, 9.17) is 17.3 Å². The minimum atomic E-state index is -0.310. The van der Waals surface area contributed by atoms with Crippen LogP contribution in [-0.2, 0) is 13.0 Å². The van der Waals surface area contributed by atoms with E-state index in [1.165, 1.54) is 17.7 Å². The van der Waals surface area contributed by atoms with Crippen molar-refractivity contribution in [1.29, 1.82) is 0 Å². The summed E-state index contributed by atoms with van der Waals surface area (Å²) in [5, 5.41) is 0.461. The molecule has 1 heterocycles. The first kappa shape index (κ1) is 12.3. The molecule has 2 aromatic rings. The average molecular weight is 277 g/mol. The Morgan fingerprint density at radius 2 is 2.11 bits per heavy atom. The Labute approximate surface area is 116 Å². The summed E-state index contributed by atoms with van der Waals surface area (Å²) in [4.78, 5) is 2.20. The Hall–Kier alpha value is -1.74. The molecule has 0 unspecified atom stereocenters. The standard InChI is InChI=1S/C15H14ClFN2/c16-13-8-12(17)5-4-11(13)9-19-7-6-10-2-1-3-14(18)15(10)19/h1-5,8H,6-7,9,18H2. The molecular formula is C15H14ClFN2. The number of nitrogens with zero attached hydrogens (tertiary/aromatic N) is 1. The molecule has 0 aliphatic carbocycles. The third-order valence-corrected chi connectivity index (χ3v) is 3.85. The minimum Gasteiger partial charge on any atom is -0.397 e. The van der Waals surface area contributed by atoms with E-state index < -0.39 is 0 Å². The number of fused-ring (bicyclic) bond motifs is 1. The average Bonchev–Trinajstić information content (AvgIpc) is 2.77. The topological polar surface area (TPSA) is 29.3 Å². The van der Waals surface area contributed by atoms with Crippen molar-refractivity contribution < 1.29 is 4.39 Å². The molecule has 0 atom stereocenters.